The van der Waals surface area contributed by atoms with Gasteiger partial charge in [-0.3, -0.25) is 0 Å². The molecule has 0 saturated heterocycles. The minimum Gasteiger partial charge on any atom is -0.506 e. The molecule has 126 valence electrons. The lowest BCUT2D eigenvalue weighted by Gasteiger charge is -2.08. The number of carbonyl (C=O) groups excluding carboxylic acids is 1. The lowest BCUT2D eigenvalue weighted by Crippen LogP contribution is -2.11. The number of aliphatic imine (C=N–C) groups is 1. The highest BCUT2D eigenvalue weighted by molar-refractivity contribution is 7.13. The van der Waals surface area contributed by atoms with E-state index in [4.69, 9.17) is 27.9 Å². The Balaban J connectivity index is 2.53. The minimum absolute atomic E-state index is 0.0867. The van der Waals surface area contributed by atoms with Crippen molar-refractivity contribution < 1.29 is 19.0 Å². The van der Waals surface area contributed by atoms with Gasteiger partial charge < -0.3 is 9.84 Å². The number of rotatable bonds is 5. The molecule has 24 heavy (non-hydrogen) atoms. The van der Waals surface area contributed by atoms with Gasteiger partial charge in [0.2, 0.25) is 0 Å². The third-order valence-electron chi connectivity index (χ3n) is 2.72. The van der Waals surface area contributed by atoms with Crippen LogP contribution in [0.4, 0.5) is 9.39 Å². The Morgan fingerprint density at radius 3 is 2.88 bits per heavy atom. The molecule has 0 saturated carbocycles. The van der Waals surface area contributed by atoms with E-state index in [0.29, 0.717) is 5.00 Å². The molecule has 0 bridgehead atoms. The molecule has 2 rings (SSSR count). The molecule has 2 aromatic rings. The second-order valence-electron chi connectivity index (χ2n) is 4.29. The number of esters is 1. The first-order chi connectivity index (χ1) is 11.4. The number of hydrogen-bond acceptors (Lipinski definition) is 6. The average molecular weight is 389 g/mol. The third-order valence-corrected chi connectivity index (χ3v) is 4.05. The maximum Gasteiger partial charge on any atom is 0.343 e. The number of halogens is 3. The van der Waals surface area contributed by atoms with E-state index >= 15 is 0 Å². The van der Waals surface area contributed by atoms with Gasteiger partial charge in [-0.2, -0.15) is 0 Å². The van der Waals surface area contributed by atoms with Crippen LogP contribution in [0.3, 0.4) is 0 Å². The van der Waals surface area contributed by atoms with E-state index < -0.39 is 22.7 Å². The van der Waals surface area contributed by atoms with Gasteiger partial charge in [-0.25, -0.2) is 19.2 Å². The summed E-state index contributed by atoms with van der Waals surface area (Å²) in [4.78, 5) is 19.7. The van der Waals surface area contributed by atoms with Crippen LogP contribution in [0.5, 0.6) is 0 Å². The minimum atomic E-state index is -0.888. The van der Waals surface area contributed by atoms with E-state index in [1.165, 1.54) is 11.3 Å². The summed E-state index contributed by atoms with van der Waals surface area (Å²) in [6.45, 7) is 1.70. The van der Waals surface area contributed by atoms with Crippen molar-refractivity contribution in [1.29, 1.82) is 0 Å². The number of aliphatic hydroxyl groups excluding tert-OH is 1. The molecule has 0 atom stereocenters. The van der Waals surface area contributed by atoms with Crippen LogP contribution in [0, 0.1) is 5.82 Å². The maximum atomic E-state index is 13.6. The predicted molar refractivity (Wildman–Crippen MR) is 92.9 cm³/mol. The van der Waals surface area contributed by atoms with E-state index in [-0.39, 0.29) is 22.9 Å². The standard InChI is InChI=1S/C15H11Cl2FN2O3S/c1-2-23-15(22)9(7-19-11-4-3-5-24-11)12(21)8-6-10(18)14(17)20-13(8)16/h3-7,21H,2H2,1H3/b12-9-,19-7+. The topological polar surface area (TPSA) is 71.8 Å². The van der Waals surface area contributed by atoms with Gasteiger partial charge in [0.15, 0.2) is 11.0 Å². The summed E-state index contributed by atoms with van der Waals surface area (Å²) in [6.07, 6.45) is 1.13. The van der Waals surface area contributed by atoms with E-state index in [1.807, 2.05) is 0 Å². The molecular weight excluding hydrogens is 378 g/mol. The highest BCUT2D eigenvalue weighted by Crippen LogP contribution is 2.27. The molecule has 0 amide bonds. The number of pyridine rings is 1. The van der Waals surface area contributed by atoms with Crippen molar-refractivity contribution in [2.75, 3.05) is 6.61 Å². The Hall–Kier alpha value is -1.96. The van der Waals surface area contributed by atoms with E-state index in [9.17, 15) is 14.3 Å². The van der Waals surface area contributed by atoms with Crippen LogP contribution in [0.2, 0.25) is 10.3 Å². The van der Waals surface area contributed by atoms with Crippen LogP contribution in [-0.2, 0) is 9.53 Å². The maximum absolute atomic E-state index is 13.6. The summed E-state index contributed by atoms with van der Waals surface area (Å²) < 4.78 is 18.5. The van der Waals surface area contributed by atoms with Gasteiger partial charge in [-0.1, -0.05) is 23.2 Å². The zero-order valence-electron chi connectivity index (χ0n) is 12.3. The van der Waals surface area contributed by atoms with Gasteiger partial charge in [-0.05, 0) is 30.5 Å². The summed E-state index contributed by atoms with van der Waals surface area (Å²) >= 11 is 12.7. The van der Waals surface area contributed by atoms with Crippen molar-refractivity contribution in [3.05, 3.63) is 50.8 Å². The molecule has 0 unspecified atom stereocenters. The first-order valence-electron chi connectivity index (χ1n) is 6.63. The number of aromatic nitrogens is 1. The van der Waals surface area contributed by atoms with Gasteiger partial charge in [0, 0.05) is 6.21 Å². The number of nitrogens with zero attached hydrogens (tertiary/aromatic N) is 2. The van der Waals surface area contributed by atoms with Crippen molar-refractivity contribution in [2.24, 2.45) is 4.99 Å². The van der Waals surface area contributed by atoms with Crippen LogP contribution in [0.1, 0.15) is 12.5 Å². The molecule has 9 heteroatoms. The second kappa shape index (κ2) is 8.23. The van der Waals surface area contributed by atoms with Gasteiger partial charge in [0.05, 0.1) is 12.2 Å². The predicted octanol–water partition coefficient (Wildman–Crippen LogP) is 4.82. The van der Waals surface area contributed by atoms with Crippen molar-refractivity contribution in [3.63, 3.8) is 0 Å². The SMILES string of the molecule is CCOC(=O)C(/C=N/c1cccs1)=C(\O)c1cc(F)c(Cl)nc1Cl. The van der Waals surface area contributed by atoms with Crippen LogP contribution in [0.25, 0.3) is 5.76 Å². The monoisotopic (exact) mass is 388 g/mol. The number of carbonyl (C=O) groups is 1. The van der Waals surface area contributed by atoms with Crippen LogP contribution in [0.15, 0.2) is 34.1 Å². The van der Waals surface area contributed by atoms with Gasteiger partial charge >= 0.3 is 5.97 Å². The zero-order valence-corrected chi connectivity index (χ0v) is 14.6. The Bertz CT molecular complexity index is 807. The molecule has 5 nitrogen and oxygen atoms in total. The number of ether oxygens (including phenoxy) is 1. The van der Waals surface area contributed by atoms with Gasteiger partial charge in [0.25, 0.3) is 0 Å². The van der Waals surface area contributed by atoms with Crippen molar-refractivity contribution in [3.8, 4) is 0 Å². The Labute approximate surface area is 151 Å². The van der Waals surface area contributed by atoms with E-state index in [0.717, 1.165) is 12.3 Å². The Morgan fingerprint density at radius 1 is 1.50 bits per heavy atom. The highest BCUT2D eigenvalue weighted by atomic mass is 35.5. The fraction of sp³-hybridized carbons (Fsp3) is 0.133. The first kappa shape index (κ1) is 18.4. The number of thiophene rings is 1. The quantitative estimate of drug-likeness (QED) is 0.262. The molecule has 0 fully saturated rings. The molecule has 0 aromatic carbocycles. The molecule has 0 aliphatic rings. The smallest absolute Gasteiger partial charge is 0.343 e. The van der Waals surface area contributed by atoms with Gasteiger partial charge in [0.1, 0.15) is 21.5 Å². The summed E-state index contributed by atoms with van der Waals surface area (Å²) in [5.74, 6) is -2.33. The fourth-order valence-electron chi connectivity index (χ4n) is 1.65. The normalized spacial score (nSPS) is 12.3. The summed E-state index contributed by atoms with van der Waals surface area (Å²) in [7, 11) is 0. The lowest BCUT2D eigenvalue weighted by molar-refractivity contribution is -0.137. The summed E-state index contributed by atoms with van der Waals surface area (Å²) in [5, 5.41) is 12.1. The molecule has 0 radical (unpaired) electrons. The van der Waals surface area contributed by atoms with Crippen LogP contribution < -0.4 is 0 Å². The molecule has 0 aliphatic carbocycles. The molecule has 2 heterocycles. The molecule has 1 N–H and O–H groups in total. The Morgan fingerprint density at radius 2 is 2.25 bits per heavy atom. The summed E-state index contributed by atoms with van der Waals surface area (Å²) in [6, 6.07) is 4.38. The third kappa shape index (κ3) is 4.31. The number of aliphatic hydroxyl groups is 1. The zero-order chi connectivity index (χ0) is 17.7. The van der Waals surface area contributed by atoms with Gasteiger partial charge in [-0.15, -0.1) is 11.3 Å². The molecule has 2 aromatic heterocycles. The van der Waals surface area contributed by atoms with Crippen LogP contribution >= 0.6 is 34.5 Å². The van der Waals surface area contributed by atoms with Crippen molar-refractivity contribution in [2.45, 2.75) is 6.92 Å². The average Bonchev–Trinajstić information content (AvgIpc) is 3.04. The fourth-order valence-corrected chi connectivity index (χ4v) is 2.63. The largest absolute Gasteiger partial charge is 0.506 e. The lowest BCUT2D eigenvalue weighted by atomic mass is 10.1. The van der Waals surface area contributed by atoms with Crippen molar-refractivity contribution in [1.82, 2.24) is 4.98 Å². The van der Waals surface area contributed by atoms with Crippen LogP contribution in [-0.4, -0.2) is 28.9 Å². The molecule has 0 spiro atoms. The Kier molecular flexibility index (Phi) is 6.30. The first-order valence-corrected chi connectivity index (χ1v) is 8.27. The number of hydrogen-bond donors (Lipinski definition) is 1. The van der Waals surface area contributed by atoms with Crippen molar-refractivity contribution >= 4 is 57.5 Å². The highest BCUT2D eigenvalue weighted by Gasteiger charge is 2.20. The van der Waals surface area contributed by atoms with E-state index in [1.54, 1.807) is 24.4 Å². The molecular formula is C15H11Cl2FN2O3S. The van der Waals surface area contributed by atoms with E-state index in [2.05, 4.69) is 9.98 Å². The summed E-state index contributed by atoms with van der Waals surface area (Å²) in [5.41, 5.74) is -0.477. The molecule has 0 aliphatic heterocycles. The second-order valence-corrected chi connectivity index (χ2v) is 5.93.